The van der Waals surface area contributed by atoms with Gasteiger partial charge in [0.1, 0.15) is 0 Å². The maximum atomic E-state index is 6.01. The summed E-state index contributed by atoms with van der Waals surface area (Å²) in [6.07, 6.45) is 4.03. The number of H-pyrrole nitrogens is 1. The quantitative estimate of drug-likeness (QED) is 0.718. The van der Waals surface area contributed by atoms with Crippen LogP contribution in [-0.2, 0) is 6.54 Å². The summed E-state index contributed by atoms with van der Waals surface area (Å²) in [5.74, 6) is 0. The molecule has 0 bridgehead atoms. The summed E-state index contributed by atoms with van der Waals surface area (Å²) in [5, 5.41) is 3.40. The molecule has 0 atom stereocenters. The molecule has 1 aromatic carbocycles. The Morgan fingerprint density at radius 2 is 2.31 bits per heavy atom. The molecule has 4 heteroatoms. The molecule has 4 nitrogen and oxygen atoms in total. The molecular weight excluding hydrogens is 200 g/mol. The molecule has 2 aromatic rings. The molecule has 0 unspecified atom stereocenters. The van der Waals surface area contributed by atoms with Crippen molar-refractivity contribution in [2.75, 3.05) is 6.54 Å². The zero-order chi connectivity index (χ0) is 11.0. The van der Waals surface area contributed by atoms with E-state index < -0.39 is 0 Å². The van der Waals surface area contributed by atoms with Crippen molar-refractivity contribution >= 4 is 11.0 Å². The molecule has 1 aromatic heterocycles. The van der Waals surface area contributed by atoms with E-state index in [1.807, 2.05) is 6.07 Å². The number of nitrogens with zero attached hydrogens (tertiary/aromatic N) is 1. The molecule has 3 rings (SSSR count). The Bertz CT molecular complexity index is 498. The van der Waals surface area contributed by atoms with Gasteiger partial charge < -0.3 is 16.0 Å². The SMILES string of the molecule is NC1(CNCc2ccc3nc[nH]c3c2)CC1. The normalized spacial score (nSPS) is 17.8. The van der Waals surface area contributed by atoms with E-state index in [2.05, 4.69) is 27.4 Å². The number of hydrogen-bond donors (Lipinski definition) is 3. The smallest absolute Gasteiger partial charge is 0.0931 e. The van der Waals surface area contributed by atoms with Crippen LogP contribution in [0.4, 0.5) is 0 Å². The van der Waals surface area contributed by atoms with E-state index in [1.165, 1.54) is 5.56 Å². The lowest BCUT2D eigenvalue weighted by molar-refractivity contribution is 0.569. The lowest BCUT2D eigenvalue weighted by Gasteiger charge is -2.10. The third kappa shape index (κ3) is 1.94. The maximum Gasteiger partial charge on any atom is 0.0931 e. The van der Waals surface area contributed by atoms with E-state index in [-0.39, 0.29) is 5.54 Å². The number of nitrogens with two attached hydrogens (primary N) is 1. The zero-order valence-corrected chi connectivity index (χ0v) is 9.16. The lowest BCUT2D eigenvalue weighted by atomic mass is 10.2. The summed E-state index contributed by atoms with van der Waals surface area (Å²) in [5.41, 5.74) is 9.46. The Morgan fingerprint density at radius 3 is 3.12 bits per heavy atom. The van der Waals surface area contributed by atoms with E-state index in [1.54, 1.807) is 6.33 Å². The van der Waals surface area contributed by atoms with Crippen LogP contribution in [0.15, 0.2) is 24.5 Å². The first kappa shape index (κ1) is 9.81. The minimum atomic E-state index is 0.0814. The second-order valence-electron chi connectivity index (χ2n) is 4.72. The Kier molecular flexibility index (Phi) is 2.19. The number of aromatic nitrogens is 2. The number of aromatic amines is 1. The van der Waals surface area contributed by atoms with Gasteiger partial charge in [-0.05, 0) is 30.5 Å². The van der Waals surface area contributed by atoms with E-state index in [0.717, 1.165) is 37.0 Å². The van der Waals surface area contributed by atoms with Gasteiger partial charge in [0.15, 0.2) is 0 Å². The van der Waals surface area contributed by atoms with Gasteiger partial charge in [-0.1, -0.05) is 6.07 Å². The van der Waals surface area contributed by atoms with Crippen molar-refractivity contribution in [3.8, 4) is 0 Å². The summed E-state index contributed by atoms with van der Waals surface area (Å²) < 4.78 is 0. The van der Waals surface area contributed by atoms with Crippen molar-refractivity contribution < 1.29 is 0 Å². The van der Waals surface area contributed by atoms with Crippen molar-refractivity contribution in [1.82, 2.24) is 15.3 Å². The number of rotatable bonds is 4. The zero-order valence-electron chi connectivity index (χ0n) is 9.16. The van der Waals surface area contributed by atoms with Crippen molar-refractivity contribution in [3.05, 3.63) is 30.1 Å². The number of imidazole rings is 1. The van der Waals surface area contributed by atoms with Gasteiger partial charge in [0.05, 0.1) is 17.4 Å². The highest BCUT2D eigenvalue weighted by Crippen LogP contribution is 2.31. The van der Waals surface area contributed by atoms with Gasteiger partial charge in [-0.3, -0.25) is 0 Å². The molecule has 0 aliphatic heterocycles. The van der Waals surface area contributed by atoms with Gasteiger partial charge in [0.25, 0.3) is 0 Å². The van der Waals surface area contributed by atoms with Crippen molar-refractivity contribution in [1.29, 1.82) is 0 Å². The van der Waals surface area contributed by atoms with Crippen LogP contribution in [-0.4, -0.2) is 22.1 Å². The van der Waals surface area contributed by atoms with Gasteiger partial charge in [-0.15, -0.1) is 0 Å². The summed E-state index contributed by atoms with van der Waals surface area (Å²) in [7, 11) is 0. The number of fused-ring (bicyclic) bond motifs is 1. The minimum absolute atomic E-state index is 0.0814. The molecule has 1 heterocycles. The fourth-order valence-electron chi connectivity index (χ4n) is 1.89. The van der Waals surface area contributed by atoms with Crippen molar-refractivity contribution in [3.63, 3.8) is 0 Å². The van der Waals surface area contributed by atoms with Crippen LogP contribution in [0.5, 0.6) is 0 Å². The summed E-state index contributed by atoms with van der Waals surface area (Å²) in [6.45, 7) is 1.78. The maximum absolute atomic E-state index is 6.01. The van der Waals surface area contributed by atoms with Gasteiger partial charge in [0, 0.05) is 18.6 Å². The van der Waals surface area contributed by atoms with Gasteiger partial charge in [-0.25, -0.2) is 4.98 Å². The van der Waals surface area contributed by atoms with Crippen LogP contribution in [0.25, 0.3) is 11.0 Å². The Morgan fingerprint density at radius 1 is 1.44 bits per heavy atom. The van der Waals surface area contributed by atoms with Crippen LogP contribution in [0.2, 0.25) is 0 Å². The molecule has 4 N–H and O–H groups in total. The molecule has 0 radical (unpaired) electrons. The molecule has 84 valence electrons. The first-order valence-corrected chi connectivity index (χ1v) is 5.67. The molecule has 0 amide bonds. The summed E-state index contributed by atoms with van der Waals surface area (Å²) in [4.78, 5) is 7.31. The first-order valence-electron chi connectivity index (χ1n) is 5.67. The van der Waals surface area contributed by atoms with Crippen LogP contribution in [0, 0.1) is 0 Å². The molecule has 16 heavy (non-hydrogen) atoms. The molecular formula is C12H16N4. The Hall–Kier alpha value is -1.39. The van der Waals surface area contributed by atoms with Gasteiger partial charge in [-0.2, -0.15) is 0 Å². The summed E-state index contributed by atoms with van der Waals surface area (Å²) in [6, 6.07) is 6.27. The van der Waals surface area contributed by atoms with E-state index >= 15 is 0 Å². The predicted octanol–water partition coefficient (Wildman–Crippen LogP) is 1.14. The average molecular weight is 216 g/mol. The topological polar surface area (TPSA) is 66.7 Å². The van der Waals surface area contributed by atoms with E-state index in [9.17, 15) is 0 Å². The van der Waals surface area contributed by atoms with Crippen LogP contribution in [0.3, 0.4) is 0 Å². The standard InChI is InChI=1S/C12H16N4/c13-12(3-4-12)7-14-6-9-1-2-10-11(5-9)16-8-15-10/h1-2,5,8,14H,3-4,6-7,13H2,(H,15,16). The van der Waals surface area contributed by atoms with E-state index in [4.69, 9.17) is 5.73 Å². The highest BCUT2D eigenvalue weighted by Gasteiger charge is 2.37. The highest BCUT2D eigenvalue weighted by atomic mass is 15.0. The number of hydrogen-bond acceptors (Lipinski definition) is 3. The lowest BCUT2D eigenvalue weighted by Crippen LogP contribution is -2.35. The van der Waals surface area contributed by atoms with Crippen LogP contribution in [0.1, 0.15) is 18.4 Å². The Balaban J connectivity index is 1.64. The molecule has 0 spiro atoms. The highest BCUT2D eigenvalue weighted by molar-refractivity contribution is 5.74. The van der Waals surface area contributed by atoms with Crippen molar-refractivity contribution in [2.24, 2.45) is 5.73 Å². The first-order chi connectivity index (χ1) is 7.75. The largest absolute Gasteiger partial charge is 0.345 e. The fraction of sp³-hybridized carbons (Fsp3) is 0.417. The second-order valence-corrected chi connectivity index (χ2v) is 4.72. The average Bonchev–Trinajstić information content (AvgIpc) is 2.84. The number of benzene rings is 1. The third-order valence-electron chi connectivity index (χ3n) is 3.18. The minimum Gasteiger partial charge on any atom is -0.345 e. The van der Waals surface area contributed by atoms with Gasteiger partial charge >= 0.3 is 0 Å². The van der Waals surface area contributed by atoms with Crippen LogP contribution < -0.4 is 11.1 Å². The molecule has 1 fully saturated rings. The van der Waals surface area contributed by atoms with E-state index in [0.29, 0.717) is 0 Å². The fourth-order valence-corrected chi connectivity index (χ4v) is 1.89. The predicted molar refractivity (Wildman–Crippen MR) is 64.0 cm³/mol. The van der Waals surface area contributed by atoms with Gasteiger partial charge in [0.2, 0.25) is 0 Å². The summed E-state index contributed by atoms with van der Waals surface area (Å²) >= 11 is 0. The number of nitrogens with one attached hydrogen (secondary N) is 2. The van der Waals surface area contributed by atoms with Crippen LogP contribution >= 0.6 is 0 Å². The Labute approximate surface area is 94.3 Å². The third-order valence-corrected chi connectivity index (χ3v) is 3.18. The monoisotopic (exact) mass is 216 g/mol. The second kappa shape index (κ2) is 3.57. The van der Waals surface area contributed by atoms with Crippen molar-refractivity contribution in [2.45, 2.75) is 24.9 Å². The molecule has 0 saturated heterocycles. The molecule has 1 aliphatic carbocycles. The molecule has 1 saturated carbocycles. The molecule has 1 aliphatic rings.